The minimum atomic E-state index is -0.475. The van der Waals surface area contributed by atoms with Gasteiger partial charge in [-0.3, -0.25) is 15.0 Å². The quantitative estimate of drug-likeness (QED) is 0.348. The van der Waals surface area contributed by atoms with Crippen LogP contribution >= 0.6 is 35.6 Å². The highest BCUT2D eigenvalue weighted by Gasteiger charge is 2.34. The van der Waals surface area contributed by atoms with Crippen molar-refractivity contribution in [3.8, 4) is 5.75 Å². The number of ether oxygens (including phenoxy) is 1. The van der Waals surface area contributed by atoms with Crippen molar-refractivity contribution in [3.63, 3.8) is 0 Å². The van der Waals surface area contributed by atoms with Crippen LogP contribution in [0.25, 0.3) is 6.08 Å². The molecule has 0 bridgehead atoms. The summed E-state index contributed by atoms with van der Waals surface area (Å²) in [5, 5.41) is 1.50. The number of hydrazine groups is 1. The van der Waals surface area contributed by atoms with Gasteiger partial charge in [-0.25, -0.2) is 0 Å². The zero-order valence-electron chi connectivity index (χ0n) is 17.6. The van der Waals surface area contributed by atoms with Crippen LogP contribution in [-0.2, 0) is 11.4 Å². The molecule has 1 saturated heterocycles. The van der Waals surface area contributed by atoms with Crippen molar-refractivity contribution >= 4 is 57.8 Å². The van der Waals surface area contributed by atoms with Gasteiger partial charge in [0.2, 0.25) is 0 Å². The Morgan fingerprint density at radius 2 is 1.88 bits per heavy atom. The molecule has 1 N–H and O–H groups in total. The molecule has 1 aliphatic heterocycles. The fourth-order valence-corrected chi connectivity index (χ4v) is 4.52. The lowest BCUT2D eigenvalue weighted by atomic mass is 10.1. The molecule has 0 spiro atoms. The third kappa shape index (κ3) is 5.45. The molecule has 0 aromatic heterocycles. The molecule has 1 fully saturated rings. The summed E-state index contributed by atoms with van der Waals surface area (Å²) in [5.41, 5.74) is 5.86. The first-order valence-electron chi connectivity index (χ1n) is 10.0. The van der Waals surface area contributed by atoms with Gasteiger partial charge in [-0.05, 0) is 60.6 Å². The highest BCUT2D eigenvalue weighted by molar-refractivity contribution is 8.26. The van der Waals surface area contributed by atoms with E-state index in [-0.39, 0.29) is 4.32 Å². The molecular weight excluding hydrogens is 476 g/mol. The first-order valence-corrected chi connectivity index (χ1v) is 11.6. The minimum absolute atomic E-state index is 0.236. The second-order valence-corrected chi connectivity index (χ2v) is 9.33. The summed E-state index contributed by atoms with van der Waals surface area (Å²) in [4.78, 5) is 25.9. The zero-order valence-corrected chi connectivity index (χ0v) is 20.0. The Morgan fingerprint density at radius 1 is 1.12 bits per heavy atom. The van der Waals surface area contributed by atoms with Crippen molar-refractivity contribution in [1.82, 2.24) is 10.4 Å². The molecule has 3 aromatic rings. The van der Waals surface area contributed by atoms with Crippen LogP contribution in [0.5, 0.6) is 5.75 Å². The first-order chi connectivity index (χ1) is 15.9. The summed E-state index contributed by atoms with van der Waals surface area (Å²) in [5.74, 6) is -0.236. The number of aryl methyl sites for hydroxylation is 1. The molecule has 2 amide bonds. The Bertz CT molecular complexity index is 1280. The molecule has 166 valence electrons. The maximum absolute atomic E-state index is 13.0. The van der Waals surface area contributed by atoms with Gasteiger partial charge in [-0.15, -0.1) is 0 Å². The third-order valence-corrected chi connectivity index (χ3v) is 6.48. The van der Waals surface area contributed by atoms with Gasteiger partial charge in [-0.1, -0.05) is 71.9 Å². The van der Waals surface area contributed by atoms with Crippen molar-refractivity contribution in [3.05, 3.63) is 105 Å². The smallest absolute Gasteiger partial charge is 0.285 e. The number of thiocarbonyl (C=S) groups is 1. The highest BCUT2D eigenvalue weighted by atomic mass is 35.5. The number of carbonyl (C=O) groups is 2. The van der Waals surface area contributed by atoms with Crippen molar-refractivity contribution in [2.75, 3.05) is 0 Å². The number of carbonyl (C=O) groups excluding carboxylic acids is 2. The topological polar surface area (TPSA) is 58.6 Å². The fourth-order valence-electron chi connectivity index (χ4n) is 3.16. The predicted octanol–water partition coefficient (Wildman–Crippen LogP) is 5.77. The minimum Gasteiger partial charge on any atom is -0.488 e. The van der Waals surface area contributed by atoms with E-state index in [4.69, 9.17) is 28.6 Å². The maximum atomic E-state index is 13.0. The Balaban J connectivity index is 1.50. The average Bonchev–Trinajstić information content (AvgIpc) is 3.06. The molecule has 0 radical (unpaired) electrons. The molecule has 0 unspecified atom stereocenters. The molecule has 0 atom stereocenters. The second-order valence-electron chi connectivity index (χ2n) is 7.22. The van der Waals surface area contributed by atoms with E-state index < -0.39 is 11.8 Å². The lowest BCUT2D eigenvalue weighted by Crippen LogP contribution is -2.44. The van der Waals surface area contributed by atoms with E-state index in [0.717, 1.165) is 33.5 Å². The largest absolute Gasteiger partial charge is 0.488 e. The summed E-state index contributed by atoms with van der Waals surface area (Å²) in [6.45, 7) is 2.45. The molecule has 5 nitrogen and oxygen atoms in total. The Morgan fingerprint density at radius 3 is 2.67 bits per heavy atom. The second kappa shape index (κ2) is 10.2. The Kier molecular flexibility index (Phi) is 7.13. The van der Waals surface area contributed by atoms with Gasteiger partial charge in [0.1, 0.15) is 12.4 Å². The van der Waals surface area contributed by atoms with Crippen LogP contribution in [0.15, 0.2) is 77.7 Å². The number of hydrogen-bond acceptors (Lipinski definition) is 5. The van der Waals surface area contributed by atoms with E-state index in [0.29, 0.717) is 27.8 Å². The van der Waals surface area contributed by atoms with Crippen molar-refractivity contribution in [1.29, 1.82) is 0 Å². The van der Waals surface area contributed by atoms with Gasteiger partial charge in [0.15, 0.2) is 4.32 Å². The molecule has 33 heavy (non-hydrogen) atoms. The average molecular weight is 495 g/mol. The summed E-state index contributed by atoms with van der Waals surface area (Å²) < 4.78 is 6.28. The Hall–Kier alpha value is -3.13. The monoisotopic (exact) mass is 494 g/mol. The van der Waals surface area contributed by atoms with Gasteiger partial charge in [-0.2, -0.15) is 5.01 Å². The number of nitrogens with one attached hydrogen (secondary N) is 1. The van der Waals surface area contributed by atoms with Crippen LogP contribution in [0.2, 0.25) is 5.02 Å². The standard InChI is InChI=1S/C25H19ClN2O3S2/c1-16-7-2-3-9-19(16)15-31-21-12-5-4-8-17(21)14-22-24(30)28(25(32)33-22)27-23(29)18-10-6-11-20(26)13-18/h2-14H,15H2,1H3,(H,27,29)/b22-14+. The molecule has 8 heteroatoms. The van der Waals surface area contributed by atoms with Gasteiger partial charge >= 0.3 is 0 Å². The van der Waals surface area contributed by atoms with E-state index >= 15 is 0 Å². The predicted molar refractivity (Wildman–Crippen MR) is 136 cm³/mol. The van der Waals surface area contributed by atoms with E-state index in [1.807, 2.05) is 55.5 Å². The Labute approximate surface area is 206 Å². The normalized spacial score (nSPS) is 14.6. The molecule has 1 heterocycles. The van der Waals surface area contributed by atoms with Gasteiger partial charge in [0.05, 0.1) is 4.91 Å². The molecular formula is C25H19ClN2O3S2. The molecule has 0 aliphatic carbocycles. The highest BCUT2D eigenvalue weighted by Crippen LogP contribution is 2.33. The summed E-state index contributed by atoms with van der Waals surface area (Å²) in [6.07, 6.45) is 1.72. The summed E-state index contributed by atoms with van der Waals surface area (Å²) in [7, 11) is 0. The molecule has 1 aliphatic rings. The number of hydrogen-bond donors (Lipinski definition) is 1. The maximum Gasteiger partial charge on any atom is 0.285 e. The number of para-hydroxylation sites is 1. The molecule has 4 rings (SSSR count). The fraction of sp³-hybridized carbons (Fsp3) is 0.0800. The molecule has 0 saturated carbocycles. The van der Waals surface area contributed by atoms with Crippen LogP contribution in [0.4, 0.5) is 0 Å². The van der Waals surface area contributed by atoms with E-state index in [1.165, 1.54) is 6.07 Å². The number of rotatable bonds is 6. The van der Waals surface area contributed by atoms with Crippen molar-refractivity contribution in [2.24, 2.45) is 0 Å². The van der Waals surface area contributed by atoms with E-state index in [9.17, 15) is 9.59 Å². The number of benzene rings is 3. The summed E-state index contributed by atoms with van der Waals surface area (Å²) in [6, 6.07) is 21.9. The van der Waals surface area contributed by atoms with Crippen molar-refractivity contribution < 1.29 is 14.3 Å². The lowest BCUT2D eigenvalue weighted by Gasteiger charge is -2.15. The number of amides is 2. The van der Waals surface area contributed by atoms with Gasteiger partial charge in [0.25, 0.3) is 11.8 Å². The lowest BCUT2D eigenvalue weighted by molar-refractivity contribution is -0.123. The van der Waals surface area contributed by atoms with E-state index in [2.05, 4.69) is 5.43 Å². The number of thioether (sulfide) groups is 1. The SMILES string of the molecule is Cc1ccccc1COc1ccccc1/C=C1/SC(=S)N(NC(=O)c2cccc(Cl)c2)C1=O. The number of nitrogens with zero attached hydrogens (tertiary/aromatic N) is 1. The third-order valence-electron chi connectivity index (χ3n) is 4.94. The molecule has 3 aromatic carbocycles. The zero-order chi connectivity index (χ0) is 23.4. The van der Waals surface area contributed by atoms with Crippen LogP contribution in [0.1, 0.15) is 27.0 Å². The first kappa shape index (κ1) is 23.0. The van der Waals surface area contributed by atoms with Crippen molar-refractivity contribution in [2.45, 2.75) is 13.5 Å². The van der Waals surface area contributed by atoms with Gasteiger partial charge in [0, 0.05) is 16.1 Å². The summed E-state index contributed by atoms with van der Waals surface area (Å²) >= 11 is 12.4. The van der Waals surface area contributed by atoms with Gasteiger partial charge < -0.3 is 4.74 Å². The van der Waals surface area contributed by atoms with E-state index in [1.54, 1.807) is 24.3 Å². The van der Waals surface area contributed by atoms with Crippen LogP contribution < -0.4 is 10.2 Å². The number of halogens is 1. The van der Waals surface area contributed by atoms with Crippen LogP contribution in [-0.4, -0.2) is 21.1 Å². The van der Waals surface area contributed by atoms with Crippen LogP contribution in [0, 0.1) is 6.92 Å². The van der Waals surface area contributed by atoms with Crippen LogP contribution in [0.3, 0.4) is 0 Å².